The van der Waals surface area contributed by atoms with Gasteiger partial charge in [0, 0.05) is 37.8 Å². The molecule has 1 aromatic carbocycles. The Kier molecular flexibility index (Phi) is 4.39. The fourth-order valence-corrected chi connectivity index (χ4v) is 3.32. The molecule has 1 aliphatic heterocycles. The number of rotatable bonds is 4. The van der Waals surface area contributed by atoms with Gasteiger partial charge in [0.15, 0.2) is 18.1 Å². The number of aromatic nitrogens is 4. The smallest absolute Gasteiger partial charge is 0.278 e. The molecule has 0 bridgehead atoms. The average Bonchev–Trinajstić information content (AvgIpc) is 3.24. The van der Waals surface area contributed by atoms with Gasteiger partial charge >= 0.3 is 0 Å². The van der Waals surface area contributed by atoms with Crippen LogP contribution in [0, 0.1) is 13.8 Å². The van der Waals surface area contributed by atoms with Crippen LogP contribution in [0.25, 0.3) is 11.6 Å². The van der Waals surface area contributed by atoms with Crippen LogP contribution in [0.3, 0.4) is 0 Å². The monoisotopic (exact) mass is 367 g/mol. The molecule has 140 valence electrons. The number of amides is 1. The SMILES string of the molecule is Cc1noc(-c2nn(C)c3c2CN(C(=O)COc2ccccc2C)CC3)n1. The second kappa shape index (κ2) is 6.86. The van der Waals surface area contributed by atoms with Gasteiger partial charge in [-0.1, -0.05) is 23.4 Å². The number of nitrogens with zero attached hydrogens (tertiary/aromatic N) is 5. The summed E-state index contributed by atoms with van der Waals surface area (Å²) in [4.78, 5) is 18.7. The van der Waals surface area contributed by atoms with Crippen molar-refractivity contribution in [3.8, 4) is 17.3 Å². The van der Waals surface area contributed by atoms with E-state index >= 15 is 0 Å². The van der Waals surface area contributed by atoms with Crippen molar-refractivity contribution in [3.05, 3.63) is 46.9 Å². The topological polar surface area (TPSA) is 86.3 Å². The molecule has 3 aromatic rings. The third-order valence-electron chi connectivity index (χ3n) is 4.77. The number of fused-ring (bicyclic) bond motifs is 1. The number of para-hydroxylation sites is 1. The summed E-state index contributed by atoms with van der Waals surface area (Å²) in [5.74, 6) is 1.61. The molecule has 1 aliphatic rings. The lowest BCUT2D eigenvalue weighted by atomic mass is 10.0. The molecule has 4 rings (SSSR count). The van der Waals surface area contributed by atoms with Crippen molar-refractivity contribution in [2.24, 2.45) is 7.05 Å². The molecule has 0 unspecified atom stereocenters. The van der Waals surface area contributed by atoms with Gasteiger partial charge in [0.05, 0.1) is 0 Å². The van der Waals surface area contributed by atoms with Gasteiger partial charge in [0.25, 0.3) is 11.8 Å². The lowest BCUT2D eigenvalue weighted by Crippen LogP contribution is -2.39. The van der Waals surface area contributed by atoms with E-state index in [2.05, 4.69) is 15.2 Å². The number of carbonyl (C=O) groups excluding carboxylic acids is 1. The van der Waals surface area contributed by atoms with Crippen LogP contribution in [0.4, 0.5) is 0 Å². The van der Waals surface area contributed by atoms with Crippen molar-refractivity contribution >= 4 is 5.91 Å². The van der Waals surface area contributed by atoms with E-state index in [9.17, 15) is 4.79 Å². The highest BCUT2D eigenvalue weighted by Gasteiger charge is 2.29. The van der Waals surface area contributed by atoms with Crippen molar-refractivity contribution in [1.29, 1.82) is 0 Å². The van der Waals surface area contributed by atoms with Gasteiger partial charge in [0.2, 0.25) is 0 Å². The third kappa shape index (κ3) is 3.30. The summed E-state index contributed by atoms with van der Waals surface area (Å²) < 4.78 is 12.8. The van der Waals surface area contributed by atoms with Crippen LogP contribution in [0.1, 0.15) is 22.6 Å². The molecule has 0 fully saturated rings. The maximum atomic E-state index is 12.7. The Labute approximate surface area is 156 Å². The van der Waals surface area contributed by atoms with E-state index in [1.54, 1.807) is 11.8 Å². The molecule has 0 N–H and O–H groups in total. The number of aryl methyl sites for hydroxylation is 3. The molecule has 2 aromatic heterocycles. The first-order chi connectivity index (χ1) is 13.0. The number of hydrogen-bond acceptors (Lipinski definition) is 6. The molecule has 0 saturated carbocycles. The number of hydrogen-bond donors (Lipinski definition) is 0. The lowest BCUT2D eigenvalue weighted by Gasteiger charge is -2.27. The minimum Gasteiger partial charge on any atom is -0.484 e. The molecule has 1 amide bonds. The quantitative estimate of drug-likeness (QED) is 0.701. The standard InChI is InChI=1S/C19H21N5O3/c1-12-6-4-5-7-16(12)26-11-17(25)24-9-8-15-14(10-24)18(21-23(15)3)19-20-13(2)22-27-19/h4-7H,8-11H2,1-3H3. The van der Waals surface area contributed by atoms with E-state index in [-0.39, 0.29) is 12.5 Å². The molecule has 8 heteroatoms. The van der Waals surface area contributed by atoms with E-state index in [4.69, 9.17) is 9.26 Å². The Balaban J connectivity index is 1.51. The van der Waals surface area contributed by atoms with Gasteiger partial charge in [0.1, 0.15) is 5.75 Å². The average molecular weight is 367 g/mol. The summed E-state index contributed by atoms with van der Waals surface area (Å²) in [6.07, 6.45) is 0.724. The van der Waals surface area contributed by atoms with Crippen LogP contribution in [0.15, 0.2) is 28.8 Å². The largest absolute Gasteiger partial charge is 0.484 e. The number of carbonyl (C=O) groups is 1. The molecule has 0 atom stereocenters. The van der Waals surface area contributed by atoms with Gasteiger partial charge in [-0.15, -0.1) is 0 Å². The Morgan fingerprint density at radius 3 is 2.85 bits per heavy atom. The van der Waals surface area contributed by atoms with Gasteiger partial charge in [-0.25, -0.2) is 0 Å². The minimum absolute atomic E-state index is 0.00937. The van der Waals surface area contributed by atoms with E-state index in [1.807, 2.05) is 42.9 Å². The van der Waals surface area contributed by atoms with Crippen molar-refractivity contribution in [3.63, 3.8) is 0 Å². The van der Waals surface area contributed by atoms with Gasteiger partial charge in [-0.2, -0.15) is 10.1 Å². The molecule has 0 spiro atoms. The summed E-state index contributed by atoms with van der Waals surface area (Å²) in [6.45, 7) is 4.82. The van der Waals surface area contributed by atoms with Crippen molar-refractivity contribution < 1.29 is 14.1 Å². The summed E-state index contributed by atoms with van der Waals surface area (Å²) in [6, 6.07) is 7.67. The van der Waals surface area contributed by atoms with Crippen LogP contribution in [-0.2, 0) is 24.8 Å². The molecular weight excluding hydrogens is 346 g/mol. The molecule has 0 aliphatic carbocycles. The van der Waals surface area contributed by atoms with E-state index in [0.29, 0.717) is 30.5 Å². The Morgan fingerprint density at radius 1 is 1.30 bits per heavy atom. The fourth-order valence-electron chi connectivity index (χ4n) is 3.32. The zero-order chi connectivity index (χ0) is 19.0. The van der Waals surface area contributed by atoms with Gasteiger partial charge < -0.3 is 14.2 Å². The van der Waals surface area contributed by atoms with Crippen LogP contribution in [0.5, 0.6) is 5.75 Å². The zero-order valence-electron chi connectivity index (χ0n) is 15.6. The third-order valence-corrected chi connectivity index (χ3v) is 4.77. The highest BCUT2D eigenvalue weighted by molar-refractivity contribution is 5.78. The molecule has 0 radical (unpaired) electrons. The first-order valence-corrected chi connectivity index (χ1v) is 8.84. The van der Waals surface area contributed by atoms with Gasteiger partial charge in [-0.3, -0.25) is 9.48 Å². The summed E-state index contributed by atoms with van der Waals surface area (Å²) in [5.41, 5.74) is 3.69. The second-order valence-corrected chi connectivity index (χ2v) is 6.66. The van der Waals surface area contributed by atoms with Crippen LogP contribution in [-0.4, -0.2) is 43.9 Å². The Hall–Kier alpha value is -3.16. The van der Waals surface area contributed by atoms with Crippen LogP contribution < -0.4 is 4.74 Å². The maximum Gasteiger partial charge on any atom is 0.278 e. The van der Waals surface area contributed by atoms with E-state index < -0.39 is 0 Å². The normalized spacial score (nSPS) is 13.5. The first kappa shape index (κ1) is 17.3. The summed E-state index contributed by atoms with van der Waals surface area (Å²) in [7, 11) is 1.89. The highest BCUT2D eigenvalue weighted by Crippen LogP contribution is 2.29. The minimum atomic E-state index is -0.0552. The predicted molar refractivity (Wildman–Crippen MR) is 97.0 cm³/mol. The summed E-state index contributed by atoms with van der Waals surface area (Å²) in [5, 5.41) is 8.37. The Morgan fingerprint density at radius 2 is 2.11 bits per heavy atom. The van der Waals surface area contributed by atoms with Crippen molar-refractivity contribution in [2.45, 2.75) is 26.8 Å². The second-order valence-electron chi connectivity index (χ2n) is 6.66. The molecule has 3 heterocycles. The van der Waals surface area contributed by atoms with Crippen LogP contribution >= 0.6 is 0 Å². The van der Waals surface area contributed by atoms with Crippen molar-refractivity contribution in [1.82, 2.24) is 24.8 Å². The predicted octanol–water partition coefficient (Wildman–Crippen LogP) is 2.05. The fraction of sp³-hybridized carbons (Fsp3) is 0.368. The zero-order valence-corrected chi connectivity index (χ0v) is 15.6. The maximum absolute atomic E-state index is 12.7. The number of benzene rings is 1. The van der Waals surface area contributed by atoms with Crippen molar-refractivity contribution in [2.75, 3.05) is 13.2 Å². The molecule has 8 nitrogen and oxygen atoms in total. The molecule has 27 heavy (non-hydrogen) atoms. The molecular formula is C19H21N5O3. The summed E-state index contributed by atoms with van der Waals surface area (Å²) >= 11 is 0. The molecule has 0 saturated heterocycles. The van der Waals surface area contributed by atoms with E-state index in [1.165, 1.54) is 0 Å². The highest BCUT2D eigenvalue weighted by atomic mass is 16.5. The lowest BCUT2D eigenvalue weighted by molar-refractivity contribution is -0.134. The number of ether oxygens (including phenoxy) is 1. The first-order valence-electron chi connectivity index (χ1n) is 8.84. The van der Waals surface area contributed by atoms with Crippen LogP contribution in [0.2, 0.25) is 0 Å². The van der Waals surface area contributed by atoms with E-state index in [0.717, 1.165) is 29.0 Å². The van der Waals surface area contributed by atoms with Gasteiger partial charge in [-0.05, 0) is 25.5 Å². The Bertz CT molecular complexity index is 991.